The summed E-state index contributed by atoms with van der Waals surface area (Å²) in [5.74, 6) is -1.39. The lowest BCUT2D eigenvalue weighted by Gasteiger charge is -2.20. The molecule has 4 atom stereocenters. The summed E-state index contributed by atoms with van der Waals surface area (Å²) in [7, 11) is 0. The van der Waals surface area contributed by atoms with Crippen LogP contribution in [0.3, 0.4) is 0 Å². The maximum absolute atomic E-state index is 13.0. The Bertz CT molecular complexity index is 1150. The van der Waals surface area contributed by atoms with Gasteiger partial charge in [-0.05, 0) is 31.5 Å². The van der Waals surface area contributed by atoms with Crippen molar-refractivity contribution >= 4 is 11.7 Å². The SMILES string of the molecule is CC(=O)C(O)[C@H]1O[C@@H](n2cc(C)c(=O)n(C(=O)c3ccccc3)c2=O)C[C@@H]1N=[N+]=[N-]. The number of carbonyl (C=O) groups excluding carboxylic acids is 2. The topological polar surface area (TPSA) is 156 Å². The van der Waals surface area contributed by atoms with Crippen LogP contribution < -0.4 is 11.2 Å². The van der Waals surface area contributed by atoms with Gasteiger partial charge in [-0.25, -0.2) is 4.79 Å². The fraction of sp³-hybridized carbons (Fsp3) is 0.368. The van der Waals surface area contributed by atoms with Gasteiger partial charge < -0.3 is 9.84 Å². The van der Waals surface area contributed by atoms with Gasteiger partial charge in [0, 0.05) is 28.7 Å². The highest BCUT2D eigenvalue weighted by atomic mass is 16.5. The van der Waals surface area contributed by atoms with Gasteiger partial charge in [0.05, 0.1) is 6.04 Å². The number of nitrogens with zero attached hydrogens (tertiary/aromatic N) is 5. The number of aryl methyl sites for hydroxylation is 1. The molecule has 0 bridgehead atoms. The molecule has 3 rings (SSSR count). The molecule has 1 N–H and O–H groups in total. The molecule has 0 aliphatic carbocycles. The van der Waals surface area contributed by atoms with E-state index in [4.69, 9.17) is 10.3 Å². The lowest BCUT2D eigenvalue weighted by Crippen LogP contribution is -2.45. The predicted molar refractivity (Wildman–Crippen MR) is 104 cm³/mol. The van der Waals surface area contributed by atoms with E-state index in [9.17, 15) is 24.3 Å². The molecule has 2 aromatic rings. The minimum atomic E-state index is -1.56. The predicted octanol–water partition coefficient (Wildman–Crippen LogP) is 0.923. The summed E-state index contributed by atoms with van der Waals surface area (Å²) < 4.78 is 7.19. The monoisotopic (exact) mass is 413 g/mol. The van der Waals surface area contributed by atoms with Crippen molar-refractivity contribution in [2.75, 3.05) is 0 Å². The molecule has 0 amide bonds. The minimum Gasteiger partial charge on any atom is -0.383 e. The van der Waals surface area contributed by atoms with Crippen molar-refractivity contribution < 1.29 is 19.4 Å². The number of Topliss-reactive ketones (excluding diaryl/α,β-unsaturated/α-hetero) is 1. The van der Waals surface area contributed by atoms with E-state index in [-0.39, 0.29) is 17.5 Å². The van der Waals surface area contributed by atoms with Gasteiger partial charge in [-0.3, -0.25) is 19.0 Å². The molecular weight excluding hydrogens is 394 g/mol. The molecule has 1 aliphatic heterocycles. The number of aliphatic hydroxyl groups excluding tert-OH is 1. The van der Waals surface area contributed by atoms with E-state index in [2.05, 4.69) is 10.0 Å². The number of ether oxygens (including phenoxy) is 1. The van der Waals surface area contributed by atoms with E-state index in [0.717, 1.165) is 11.5 Å². The molecule has 0 radical (unpaired) electrons. The first-order valence-electron chi connectivity index (χ1n) is 9.09. The van der Waals surface area contributed by atoms with Crippen molar-refractivity contribution in [1.82, 2.24) is 9.13 Å². The minimum absolute atomic E-state index is 0.0316. The van der Waals surface area contributed by atoms with E-state index < -0.39 is 47.4 Å². The van der Waals surface area contributed by atoms with Crippen LogP contribution >= 0.6 is 0 Å². The summed E-state index contributed by atoms with van der Waals surface area (Å²) in [5.41, 5.74) is 7.33. The molecule has 11 nitrogen and oxygen atoms in total. The molecule has 30 heavy (non-hydrogen) atoms. The van der Waals surface area contributed by atoms with Crippen LogP contribution in [0.15, 0.2) is 51.2 Å². The van der Waals surface area contributed by atoms with Gasteiger partial charge >= 0.3 is 5.69 Å². The smallest absolute Gasteiger partial charge is 0.340 e. The Hall–Kier alpha value is -3.53. The molecule has 1 aromatic heterocycles. The third kappa shape index (κ3) is 3.81. The van der Waals surface area contributed by atoms with Crippen LogP contribution in [0.1, 0.15) is 35.5 Å². The number of ketones is 1. The molecule has 1 aliphatic rings. The molecule has 2 heterocycles. The van der Waals surface area contributed by atoms with E-state index >= 15 is 0 Å². The molecule has 1 fully saturated rings. The molecule has 1 aromatic carbocycles. The fourth-order valence-electron chi connectivity index (χ4n) is 3.34. The molecule has 0 saturated carbocycles. The van der Waals surface area contributed by atoms with Gasteiger partial charge in [0.15, 0.2) is 5.78 Å². The summed E-state index contributed by atoms with van der Waals surface area (Å²) in [6, 6.07) is 6.93. The highest BCUT2D eigenvalue weighted by Gasteiger charge is 2.42. The Morgan fingerprint density at radius 1 is 1.30 bits per heavy atom. The maximum atomic E-state index is 13.0. The molecule has 1 unspecified atom stereocenters. The van der Waals surface area contributed by atoms with Crippen LogP contribution in [0.25, 0.3) is 10.4 Å². The molecule has 11 heteroatoms. The number of hydrogen-bond acceptors (Lipinski definition) is 7. The van der Waals surface area contributed by atoms with Crippen LogP contribution in [-0.4, -0.2) is 44.2 Å². The standard InChI is InChI=1S/C19H19N5O6/c1-10-9-23(14-8-13(21-22-20)16(30-14)15(26)11(2)25)19(29)24(17(10)27)18(28)12-6-4-3-5-7-12/h3-7,9,13-16,26H,8H2,1-2H3/t13-,14+,15?,16-/m0/s1. The van der Waals surface area contributed by atoms with Gasteiger partial charge in [-0.1, -0.05) is 23.3 Å². The van der Waals surface area contributed by atoms with Crippen LogP contribution in [0.5, 0.6) is 0 Å². The highest BCUT2D eigenvalue weighted by molar-refractivity contribution is 5.95. The van der Waals surface area contributed by atoms with Crippen LogP contribution in [0.2, 0.25) is 0 Å². The van der Waals surface area contributed by atoms with Crippen LogP contribution in [0.4, 0.5) is 0 Å². The Morgan fingerprint density at radius 2 is 1.97 bits per heavy atom. The summed E-state index contributed by atoms with van der Waals surface area (Å²) >= 11 is 0. The number of aliphatic hydroxyl groups is 1. The van der Waals surface area contributed by atoms with Crippen LogP contribution in [-0.2, 0) is 9.53 Å². The first-order chi connectivity index (χ1) is 14.3. The number of benzene rings is 1. The van der Waals surface area contributed by atoms with Gasteiger partial charge in [-0.2, -0.15) is 4.57 Å². The fourth-order valence-corrected chi connectivity index (χ4v) is 3.34. The summed E-state index contributed by atoms with van der Waals surface area (Å²) in [6.07, 6.45) is -2.57. The quantitative estimate of drug-likeness (QED) is 0.436. The molecule has 0 spiro atoms. The average Bonchev–Trinajstić information content (AvgIpc) is 3.14. The van der Waals surface area contributed by atoms with Crippen molar-refractivity contribution in [3.8, 4) is 0 Å². The Kier molecular flexibility index (Phi) is 5.97. The summed E-state index contributed by atoms with van der Waals surface area (Å²) in [4.78, 5) is 52.6. The van der Waals surface area contributed by atoms with E-state index in [1.807, 2.05) is 0 Å². The molecule has 1 saturated heterocycles. The number of carbonyl (C=O) groups is 2. The maximum Gasteiger partial charge on any atom is 0.340 e. The van der Waals surface area contributed by atoms with Crippen molar-refractivity contribution in [2.24, 2.45) is 5.11 Å². The Morgan fingerprint density at radius 3 is 2.57 bits per heavy atom. The third-order valence-corrected chi connectivity index (χ3v) is 4.88. The second-order valence-corrected chi connectivity index (χ2v) is 6.93. The van der Waals surface area contributed by atoms with Crippen molar-refractivity contribution in [1.29, 1.82) is 0 Å². The van der Waals surface area contributed by atoms with Crippen LogP contribution in [0, 0.1) is 6.92 Å². The van der Waals surface area contributed by atoms with Gasteiger partial charge in [-0.15, -0.1) is 0 Å². The second kappa shape index (κ2) is 8.46. The highest BCUT2D eigenvalue weighted by Crippen LogP contribution is 2.32. The molecular formula is C19H19N5O6. The Balaban J connectivity index is 2.07. The number of hydrogen-bond donors (Lipinski definition) is 1. The number of azide groups is 1. The number of aromatic nitrogens is 2. The first kappa shape index (κ1) is 21.2. The lowest BCUT2D eigenvalue weighted by atomic mass is 10.0. The van der Waals surface area contributed by atoms with Gasteiger partial charge in [0.25, 0.3) is 11.5 Å². The average molecular weight is 413 g/mol. The van der Waals surface area contributed by atoms with Crippen molar-refractivity contribution in [3.05, 3.63) is 78.9 Å². The normalized spacial score (nSPS) is 21.6. The van der Waals surface area contributed by atoms with Gasteiger partial charge in [0.1, 0.15) is 18.4 Å². The third-order valence-electron chi connectivity index (χ3n) is 4.88. The zero-order chi connectivity index (χ0) is 22.0. The second-order valence-electron chi connectivity index (χ2n) is 6.93. The summed E-state index contributed by atoms with van der Waals surface area (Å²) in [6.45, 7) is 2.60. The van der Waals surface area contributed by atoms with E-state index in [1.165, 1.54) is 25.3 Å². The summed E-state index contributed by atoms with van der Waals surface area (Å²) in [5, 5.41) is 13.6. The van der Waals surface area contributed by atoms with Gasteiger partial charge in [0.2, 0.25) is 0 Å². The number of rotatable bonds is 5. The van der Waals surface area contributed by atoms with E-state index in [0.29, 0.717) is 4.57 Å². The Labute approximate surface area is 169 Å². The van der Waals surface area contributed by atoms with Crippen molar-refractivity contribution in [3.63, 3.8) is 0 Å². The molecule has 156 valence electrons. The largest absolute Gasteiger partial charge is 0.383 e. The lowest BCUT2D eigenvalue weighted by molar-refractivity contribution is -0.135. The zero-order valence-electron chi connectivity index (χ0n) is 16.2. The zero-order valence-corrected chi connectivity index (χ0v) is 16.2. The van der Waals surface area contributed by atoms with Crippen molar-refractivity contribution in [2.45, 2.75) is 44.7 Å². The van der Waals surface area contributed by atoms with E-state index in [1.54, 1.807) is 18.2 Å². The first-order valence-corrected chi connectivity index (χ1v) is 9.09.